The molecule has 1 aromatic heterocycles. The van der Waals surface area contributed by atoms with Gasteiger partial charge in [0.05, 0.1) is 11.6 Å². The van der Waals surface area contributed by atoms with E-state index in [1.54, 1.807) is 32.2 Å². The molecule has 2 atom stereocenters. The van der Waals surface area contributed by atoms with Gasteiger partial charge in [-0.05, 0) is 25.1 Å². The van der Waals surface area contributed by atoms with Crippen molar-refractivity contribution in [2.45, 2.75) is 24.0 Å². The van der Waals surface area contributed by atoms with E-state index in [1.807, 2.05) is 0 Å². The summed E-state index contributed by atoms with van der Waals surface area (Å²) in [6.07, 6.45) is -0.539. The topological polar surface area (TPSA) is 86.1 Å². The molecule has 1 N–H and O–H groups in total. The molecule has 2 heterocycles. The predicted molar refractivity (Wildman–Crippen MR) is 88.1 cm³/mol. The Balaban J connectivity index is 1.77. The number of hydrogen-bond donors (Lipinski definition) is 1. The molecule has 0 spiro atoms. The minimum absolute atomic E-state index is 0.0233. The molecule has 0 radical (unpaired) electrons. The van der Waals surface area contributed by atoms with Crippen molar-refractivity contribution in [2.75, 3.05) is 0 Å². The molecule has 2 unspecified atom stereocenters. The van der Waals surface area contributed by atoms with Crippen molar-refractivity contribution in [3.8, 4) is 5.75 Å². The lowest BCUT2D eigenvalue weighted by Crippen LogP contribution is -2.34. The third kappa shape index (κ3) is 2.47. The van der Waals surface area contributed by atoms with E-state index >= 15 is 0 Å². The monoisotopic (exact) mass is 362 g/mol. The van der Waals surface area contributed by atoms with Crippen LogP contribution in [0.4, 0.5) is 4.39 Å². The minimum atomic E-state index is -3.91. The molecule has 1 aliphatic heterocycles. The first-order valence-corrected chi connectivity index (χ1v) is 9.12. The number of aromatic nitrogens is 3. The zero-order chi connectivity index (χ0) is 17.8. The summed E-state index contributed by atoms with van der Waals surface area (Å²) in [6.45, 7) is 1.69. The van der Waals surface area contributed by atoms with Gasteiger partial charge in [0.1, 0.15) is 16.5 Å². The van der Waals surface area contributed by atoms with Crippen molar-refractivity contribution in [2.24, 2.45) is 7.05 Å². The first-order valence-electron chi connectivity index (χ1n) is 7.64. The number of rotatable bonds is 3. The summed E-state index contributed by atoms with van der Waals surface area (Å²) in [7, 11) is -2.23. The van der Waals surface area contributed by atoms with Crippen molar-refractivity contribution < 1.29 is 17.5 Å². The van der Waals surface area contributed by atoms with Gasteiger partial charge in [-0.3, -0.25) is 0 Å². The van der Waals surface area contributed by atoms with Gasteiger partial charge >= 0.3 is 0 Å². The summed E-state index contributed by atoms with van der Waals surface area (Å²) in [5, 5.41) is 7.80. The van der Waals surface area contributed by atoms with E-state index in [0.29, 0.717) is 11.1 Å². The van der Waals surface area contributed by atoms with Gasteiger partial charge in [0.2, 0.25) is 10.0 Å². The molecule has 25 heavy (non-hydrogen) atoms. The van der Waals surface area contributed by atoms with E-state index in [1.165, 1.54) is 22.9 Å². The van der Waals surface area contributed by atoms with Crippen LogP contribution in [0.3, 0.4) is 0 Å². The van der Waals surface area contributed by atoms with E-state index in [-0.39, 0.29) is 16.2 Å². The number of benzene rings is 2. The molecule has 130 valence electrons. The number of nitrogens with one attached hydrogen (secondary N) is 1. The third-order valence-electron chi connectivity index (χ3n) is 4.28. The van der Waals surface area contributed by atoms with Gasteiger partial charge in [-0.2, -0.15) is 4.72 Å². The average molecular weight is 362 g/mol. The molecule has 0 fully saturated rings. The van der Waals surface area contributed by atoms with Crippen LogP contribution in [0.25, 0.3) is 11.0 Å². The van der Waals surface area contributed by atoms with Crippen LogP contribution in [-0.4, -0.2) is 29.5 Å². The average Bonchev–Trinajstić information content (AvgIpc) is 3.10. The molecule has 0 amide bonds. The highest BCUT2D eigenvalue weighted by molar-refractivity contribution is 7.89. The molecule has 0 bridgehead atoms. The van der Waals surface area contributed by atoms with Crippen LogP contribution < -0.4 is 9.46 Å². The standard InChI is InChI=1S/C16H15FN4O3S/c1-9-14(10-5-3-6-11(17)16(10)24-9)19-25(22,23)13-8-4-7-12-15(13)18-20-21(12)2/h3-9,14,19H,1-2H3. The number of halogens is 1. The van der Waals surface area contributed by atoms with E-state index in [9.17, 15) is 12.8 Å². The number of ether oxygens (including phenoxy) is 1. The molecule has 9 heteroatoms. The summed E-state index contributed by atoms with van der Waals surface area (Å²) >= 11 is 0. The number of sulfonamides is 1. The molecule has 7 nitrogen and oxygen atoms in total. The Morgan fingerprint density at radius 2 is 2.00 bits per heavy atom. The zero-order valence-corrected chi connectivity index (χ0v) is 14.3. The van der Waals surface area contributed by atoms with Gasteiger partial charge in [0.15, 0.2) is 11.6 Å². The summed E-state index contributed by atoms with van der Waals surface area (Å²) < 4.78 is 49.3. The van der Waals surface area contributed by atoms with Crippen LogP contribution >= 0.6 is 0 Å². The summed E-state index contributed by atoms with van der Waals surface area (Å²) in [5.41, 5.74) is 1.36. The Kier molecular flexibility index (Phi) is 3.51. The van der Waals surface area contributed by atoms with E-state index in [4.69, 9.17) is 4.74 Å². The largest absolute Gasteiger partial charge is 0.485 e. The third-order valence-corrected chi connectivity index (χ3v) is 5.76. The fraction of sp³-hybridized carbons (Fsp3) is 0.250. The summed E-state index contributed by atoms with van der Waals surface area (Å²) in [4.78, 5) is 0.0233. The van der Waals surface area contributed by atoms with E-state index in [0.717, 1.165) is 0 Å². The van der Waals surface area contributed by atoms with Gasteiger partial charge in [-0.1, -0.05) is 23.4 Å². The molecule has 2 aromatic carbocycles. The van der Waals surface area contributed by atoms with Crippen LogP contribution in [-0.2, 0) is 17.1 Å². The molecule has 0 saturated heterocycles. The van der Waals surface area contributed by atoms with Crippen molar-refractivity contribution in [1.29, 1.82) is 0 Å². The van der Waals surface area contributed by atoms with Gasteiger partial charge in [-0.25, -0.2) is 17.5 Å². The maximum absolute atomic E-state index is 13.9. The highest BCUT2D eigenvalue weighted by Gasteiger charge is 2.37. The predicted octanol–water partition coefficient (Wildman–Crippen LogP) is 1.91. The van der Waals surface area contributed by atoms with Gasteiger partial charge < -0.3 is 4.74 Å². The van der Waals surface area contributed by atoms with Crippen LogP contribution in [0.2, 0.25) is 0 Å². The van der Waals surface area contributed by atoms with Crippen LogP contribution in [0, 0.1) is 5.82 Å². The fourth-order valence-electron chi connectivity index (χ4n) is 3.04. The highest BCUT2D eigenvalue weighted by Crippen LogP contribution is 2.39. The molecule has 1 aliphatic rings. The van der Waals surface area contributed by atoms with E-state index in [2.05, 4.69) is 15.0 Å². The molecular formula is C16H15FN4O3S. The van der Waals surface area contributed by atoms with Crippen LogP contribution in [0.1, 0.15) is 18.5 Å². The normalized spacial score (nSPS) is 19.8. The number of aryl methyl sites for hydroxylation is 1. The molecule has 4 rings (SSSR count). The Morgan fingerprint density at radius 3 is 2.80 bits per heavy atom. The number of para-hydroxylation sites is 1. The first-order chi connectivity index (χ1) is 11.9. The molecule has 3 aromatic rings. The zero-order valence-electron chi connectivity index (χ0n) is 13.5. The smallest absolute Gasteiger partial charge is 0.243 e. The highest BCUT2D eigenvalue weighted by atomic mass is 32.2. The lowest BCUT2D eigenvalue weighted by molar-refractivity contribution is 0.214. The molecule has 0 saturated carbocycles. The Labute approximate surface area is 143 Å². The minimum Gasteiger partial charge on any atom is -0.485 e. The summed E-state index contributed by atoms with van der Waals surface area (Å²) in [5.74, 6) is -0.428. The number of fused-ring (bicyclic) bond motifs is 2. The van der Waals surface area contributed by atoms with Gasteiger partial charge in [0.25, 0.3) is 0 Å². The van der Waals surface area contributed by atoms with Crippen LogP contribution in [0.15, 0.2) is 41.3 Å². The SMILES string of the molecule is CC1Oc2c(F)cccc2C1NS(=O)(=O)c1cccc2c1nnn2C. The Bertz CT molecular complexity index is 1080. The lowest BCUT2D eigenvalue weighted by Gasteiger charge is -2.17. The molecular weight excluding hydrogens is 347 g/mol. The number of nitrogens with zero attached hydrogens (tertiary/aromatic N) is 3. The Morgan fingerprint density at radius 1 is 1.24 bits per heavy atom. The second kappa shape index (κ2) is 5.50. The van der Waals surface area contributed by atoms with Crippen molar-refractivity contribution >= 4 is 21.1 Å². The molecule has 0 aliphatic carbocycles. The van der Waals surface area contributed by atoms with Crippen molar-refractivity contribution in [3.63, 3.8) is 0 Å². The quantitative estimate of drug-likeness (QED) is 0.769. The summed E-state index contributed by atoms with van der Waals surface area (Å²) in [6, 6.07) is 8.60. The van der Waals surface area contributed by atoms with Crippen LogP contribution in [0.5, 0.6) is 5.75 Å². The lowest BCUT2D eigenvalue weighted by atomic mass is 10.1. The van der Waals surface area contributed by atoms with Gasteiger partial charge in [-0.15, -0.1) is 5.10 Å². The first kappa shape index (κ1) is 16.0. The van der Waals surface area contributed by atoms with E-state index < -0.39 is 28.0 Å². The van der Waals surface area contributed by atoms with Crippen molar-refractivity contribution in [1.82, 2.24) is 19.7 Å². The van der Waals surface area contributed by atoms with Crippen molar-refractivity contribution in [3.05, 3.63) is 47.8 Å². The Hall–Kier alpha value is -2.52. The second-order valence-corrected chi connectivity index (χ2v) is 7.60. The maximum atomic E-state index is 13.9. The maximum Gasteiger partial charge on any atom is 0.243 e. The fourth-order valence-corrected chi connectivity index (χ4v) is 4.48. The number of hydrogen-bond acceptors (Lipinski definition) is 5. The van der Waals surface area contributed by atoms with Gasteiger partial charge in [0, 0.05) is 12.6 Å². The second-order valence-electron chi connectivity index (χ2n) is 5.92.